The van der Waals surface area contributed by atoms with Crippen LogP contribution in [0.2, 0.25) is 0 Å². The molecule has 0 bridgehead atoms. The fraction of sp³-hybridized carbons (Fsp3) is 0.500. The summed E-state index contributed by atoms with van der Waals surface area (Å²) in [4.78, 5) is 14.1. The number of nitrogens with two attached hydrogens (primary N) is 1. The predicted molar refractivity (Wildman–Crippen MR) is 70.1 cm³/mol. The van der Waals surface area contributed by atoms with E-state index in [1.54, 1.807) is 0 Å². The Bertz CT molecular complexity index is 482. The van der Waals surface area contributed by atoms with Crippen molar-refractivity contribution in [3.05, 3.63) is 23.8 Å². The van der Waals surface area contributed by atoms with Crippen LogP contribution in [-0.4, -0.2) is 36.7 Å². The van der Waals surface area contributed by atoms with Gasteiger partial charge in [0.05, 0.1) is 6.42 Å². The van der Waals surface area contributed by atoms with Gasteiger partial charge in [-0.3, -0.25) is 4.79 Å². The summed E-state index contributed by atoms with van der Waals surface area (Å²) < 4.78 is 10.6. The molecular weight excluding hydrogens is 244 g/mol. The molecule has 0 aromatic heterocycles. The number of hydrogen-bond acceptors (Lipinski definition) is 4. The minimum atomic E-state index is 0.158. The van der Waals surface area contributed by atoms with Crippen molar-refractivity contribution in [2.45, 2.75) is 25.3 Å². The van der Waals surface area contributed by atoms with Crippen LogP contribution in [0.1, 0.15) is 18.4 Å². The zero-order chi connectivity index (χ0) is 13.2. The normalized spacial score (nSPS) is 18.7. The molecule has 0 atom stereocenters. The van der Waals surface area contributed by atoms with Gasteiger partial charge in [0.1, 0.15) is 0 Å². The summed E-state index contributed by atoms with van der Waals surface area (Å²) in [6.07, 6.45) is 2.20. The number of likely N-dealkylation sites (tertiary alicyclic amines) is 1. The monoisotopic (exact) mass is 262 g/mol. The fourth-order valence-corrected chi connectivity index (χ4v) is 2.49. The molecule has 2 aliphatic rings. The Morgan fingerprint density at radius 1 is 1.26 bits per heavy atom. The lowest BCUT2D eigenvalue weighted by Gasteiger charge is -2.30. The van der Waals surface area contributed by atoms with Crippen molar-refractivity contribution in [3.8, 4) is 11.5 Å². The van der Waals surface area contributed by atoms with E-state index >= 15 is 0 Å². The van der Waals surface area contributed by atoms with Gasteiger partial charge in [0.15, 0.2) is 11.5 Å². The topological polar surface area (TPSA) is 64.8 Å². The lowest BCUT2D eigenvalue weighted by molar-refractivity contribution is -0.131. The number of benzene rings is 1. The lowest BCUT2D eigenvalue weighted by Crippen LogP contribution is -2.43. The van der Waals surface area contributed by atoms with E-state index in [0.717, 1.165) is 43.0 Å². The number of carbonyl (C=O) groups excluding carboxylic acids is 1. The first-order chi connectivity index (χ1) is 9.22. The fourth-order valence-electron chi connectivity index (χ4n) is 2.49. The molecule has 3 rings (SSSR count). The maximum absolute atomic E-state index is 12.2. The Hall–Kier alpha value is -1.75. The summed E-state index contributed by atoms with van der Waals surface area (Å²) >= 11 is 0. The highest BCUT2D eigenvalue weighted by molar-refractivity contribution is 5.79. The summed E-state index contributed by atoms with van der Waals surface area (Å²) in [6, 6.07) is 5.91. The molecule has 2 heterocycles. The van der Waals surface area contributed by atoms with Crippen LogP contribution < -0.4 is 15.2 Å². The van der Waals surface area contributed by atoms with Gasteiger partial charge in [-0.2, -0.15) is 0 Å². The Kier molecular flexibility index (Phi) is 3.29. The molecule has 0 radical (unpaired) electrons. The molecule has 1 aromatic rings. The number of ether oxygens (including phenoxy) is 2. The number of hydrogen-bond donors (Lipinski definition) is 1. The maximum atomic E-state index is 12.2. The number of nitrogens with zero attached hydrogens (tertiary/aromatic N) is 1. The van der Waals surface area contributed by atoms with Crippen LogP contribution in [0.25, 0.3) is 0 Å². The first-order valence-corrected chi connectivity index (χ1v) is 6.64. The van der Waals surface area contributed by atoms with Crippen molar-refractivity contribution in [2.75, 3.05) is 19.9 Å². The average Bonchev–Trinajstić information content (AvgIpc) is 2.87. The van der Waals surface area contributed by atoms with Crippen LogP contribution in [-0.2, 0) is 11.2 Å². The summed E-state index contributed by atoms with van der Waals surface area (Å²) in [6.45, 7) is 1.80. The van der Waals surface area contributed by atoms with Crippen molar-refractivity contribution in [3.63, 3.8) is 0 Å². The van der Waals surface area contributed by atoms with E-state index in [0.29, 0.717) is 6.42 Å². The molecule has 1 fully saturated rings. The van der Waals surface area contributed by atoms with Crippen LogP contribution >= 0.6 is 0 Å². The summed E-state index contributed by atoms with van der Waals surface area (Å²) in [7, 11) is 0. The van der Waals surface area contributed by atoms with E-state index in [2.05, 4.69) is 0 Å². The second kappa shape index (κ2) is 5.09. The second-order valence-electron chi connectivity index (χ2n) is 5.08. The van der Waals surface area contributed by atoms with Gasteiger partial charge in [-0.15, -0.1) is 0 Å². The first kappa shape index (κ1) is 12.3. The van der Waals surface area contributed by atoms with Crippen molar-refractivity contribution >= 4 is 5.91 Å². The molecule has 1 amide bonds. The Balaban J connectivity index is 1.63. The third-order valence-electron chi connectivity index (χ3n) is 3.68. The van der Waals surface area contributed by atoms with E-state index in [1.165, 1.54) is 0 Å². The minimum absolute atomic E-state index is 0.158. The lowest BCUT2D eigenvalue weighted by atomic mass is 10.0. The minimum Gasteiger partial charge on any atom is -0.454 e. The third-order valence-corrected chi connectivity index (χ3v) is 3.68. The van der Waals surface area contributed by atoms with Crippen molar-refractivity contribution in [1.82, 2.24) is 4.90 Å². The highest BCUT2D eigenvalue weighted by atomic mass is 16.7. The van der Waals surface area contributed by atoms with Crippen molar-refractivity contribution in [2.24, 2.45) is 5.73 Å². The SMILES string of the molecule is NC1CCN(C(=O)Cc2ccc3c(c2)OCO3)CC1. The second-order valence-corrected chi connectivity index (χ2v) is 5.08. The molecule has 0 saturated carbocycles. The van der Waals surface area contributed by atoms with Gasteiger partial charge in [-0.1, -0.05) is 6.07 Å². The number of piperidine rings is 1. The van der Waals surface area contributed by atoms with Gasteiger partial charge in [-0.25, -0.2) is 0 Å². The predicted octanol–water partition coefficient (Wildman–Crippen LogP) is 0.907. The van der Waals surface area contributed by atoms with Crippen LogP contribution in [0.3, 0.4) is 0 Å². The first-order valence-electron chi connectivity index (χ1n) is 6.64. The number of rotatable bonds is 2. The molecule has 0 spiro atoms. The Morgan fingerprint density at radius 3 is 2.79 bits per heavy atom. The van der Waals surface area contributed by atoms with E-state index in [4.69, 9.17) is 15.2 Å². The maximum Gasteiger partial charge on any atom is 0.231 e. The number of carbonyl (C=O) groups is 1. The molecule has 1 aromatic carbocycles. The van der Waals surface area contributed by atoms with E-state index < -0.39 is 0 Å². The van der Waals surface area contributed by atoms with E-state index in [9.17, 15) is 4.79 Å². The largest absolute Gasteiger partial charge is 0.454 e. The smallest absolute Gasteiger partial charge is 0.231 e. The zero-order valence-electron chi connectivity index (χ0n) is 10.8. The van der Waals surface area contributed by atoms with Gasteiger partial charge in [-0.05, 0) is 30.5 Å². The summed E-state index contributed by atoms with van der Waals surface area (Å²) in [5, 5.41) is 0. The number of amides is 1. The Labute approximate surface area is 112 Å². The van der Waals surface area contributed by atoms with E-state index in [1.807, 2.05) is 23.1 Å². The molecule has 102 valence electrons. The molecule has 0 unspecified atom stereocenters. The van der Waals surface area contributed by atoms with Crippen LogP contribution in [0.4, 0.5) is 0 Å². The molecular formula is C14H18N2O3. The van der Waals surface area contributed by atoms with E-state index in [-0.39, 0.29) is 18.7 Å². The highest BCUT2D eigenvalue weighted by Crippen LogP contribution is 2.32. The van der Waals surface area contributed by atoms with Crippen molar-refractivity contribution in [1.29, 1.82) is 0 Å². The molecule has 5 heteroatoms. The van der Waals surface area contributed by atoms with Gasteiger partial charge in [0.2, 0.25) is 12.7 Å². The van der Waals surface area contributed by atoms with Gasteiger partial charge >= 0.3 is 0 Å². The standard InChI is InChI=1S/C14H18N2O3/c15-11-3-5-16(6-4-11)14(17)8-10-1-2-12-13(7-10)19-9-18-12/h1-2,7,11H,3-6,8-9,15H2. The molecule has 2 aliphatic heterocycles. The summed E-state index contributed by atoms with van der Waals surface area (Å²) in [5.41, 5.74) is 6.80. The van der Waals surface area contributed by atoms with Gasteiger partial charge in [0.25, 0.3) is 0 Å². The molecule has 1 saturated heterocycles. The van der Waals surface area contributed by atoms with Gasteiger partial charge < -0.3 is 20.1 Å². The molecule has 19 heavy (non-hydrogen) atoms. The van der Waals surface area contributed by atoms with Crippen LogP contribution in [0, 0.1) is 0 Å². The van der Waals surface area contributed by atoms with Gasteiger partial charge in [0, 0.05) is 19.1 Å². The summed E-state index contributed by atoms with van der Waals surface area (Å²) in [5.74, 6) is 1.64. The average molecular weight is 262 g/mol. The molecule has 2 N–H and O–H groups in total. The van der Waals surface area contributed by atoms with Crippen molar-refractivity contribution < 1.29 is 14.3 Å². The number of fused-ring (bicyclic) bond motifs is 1. The highest BCUT2D eigenvalue weighted by Gasteiger charge is 2.21. The van der Waals surface area contributed by atoms with Crippen LogP contribution in [0.5, 0.6) is 11.5 Å². The molecule has 5 nitrogen and oxygen atoms in total. The quantitative estimate of drug-likeness (QED) is 0.860. The Morgan fingerprint density at radius 2 is 2.00 bits per heavy atom. The van der Waals surface area contributed by atoms with Crippen LogP contribution in [0.15, 0.2) is 18.2 Å². The zero-order valence-corrected chi connectivity index (χ0v) is 10.8. The third kappa shape index (κ3) is 2.66. The molecule has 0 aliphatic carbocycles.